The Balaban J connectivity index is 1.23. The van der Waals surface area contributed by atoms with E-state index in [2.05, 4.69) is 36.1 Å². The molecule has 5 rings (SSSR count). The fourth-order valence-corrected chi connectivity index (χ4v) is 6.05. The molecule has 2 aromatic rings. The number of alkyl halides is 3. The summed E-state index contributed by atoms with van der Waals surface area (Å²) in [5.41, 5.74) is 0.102. The van der Waals surface area contributed by atoms with Crippen LogP contribution in [0.2, 0.25) is 0 Å². The number of nitrogens with zero attached hydrogens (tertiary/aromatic N) is 3. The van der Waals surface area contributed by atoms with Crippen molar-refractivity contribution in [3.05, 3.63) is 58.9 Å². The van der Waals surface area contributed by atoms with Crippen LogP contribution in [0.15, 0.2) is 36.4 Å². The van der Waals surface area contributed by atoms with E-state index in [0.717, 1.165) is 32.0 Å². The average molecular weight is 518 g/mol. The summed E-state index contributed by atoms with van der Waals surface area (Å²) in [6.45, 7) is 6.20. The zero-order valence-corrected chi connectivity index (χ0v) is 20.8. The molecule has 37 heavy (non-hydrogen) atoms. The molecule has 3 fully saturated rings. The second-order valence-electron chi connectivity index (χ2n) is 10.3. The van der Waals surface area contributed by atoms with Gasteiger partial charge in [0.2, 0.25) is 0 Å². The molecule has 0 radical (unpaired) electrons. The van der Waals surface area contributed by atoms with E-state index in [-0.39, 0.29) is 23.8 Å². The lowest BCUT2D eigenvalue weighted by Crippen LogP contribution is -2.39. The smallest absolute Gasteiger partial charge is 0.372 e. The van der Waals surface area contributed by atoms with Crippen LogP contribution in [0.1, 0.15) is 48.8 Å². The second kappa shape index (κ2) is 10.5. The number of hydrogen-bond donors (Lipinski definition) is 0. The SMILES string of the molecule is C[C@@H]1CN(c2ccc(C#N)c(C(F)(F)F)c2F)CC[C@@H]1c1ccc(N2CCC(C3OCCO3)CC2)cc1. The number of piperidine rings is 2. The largest absolute Gasteiger partial charge is 0.420 e. The van der Waals surface area contributed by atoms with Crippen molar-refractivity contribution in [1.82, 2.24) is 0 Å². The average Bonchev–Trinajstić information content (AvgIpc) is 3.43. The lowest BCUT2D eigenvalue weighted by molar-refractivity contribution is -0.140. The van der Waals surface area contributed by atoms with Gasteiger partial charge in [0.25, 0.3) is 0 Å². The van der Waals surface area contributed by atoms with Crippen molar-refractivity contribution in [2.45, 2.75) is 44.6 Å². The van der Waals surface area contributed by atoms with Crippen molar-refractivity contribution in [2.24, 2.45) is 11.8 Å². The number of hydrogen-bond acceptors (Lipinski definition) is 5. The summed E-state index contributed by atoms with van der Waals surface area (Å²) in [6, 6.07) is 12.4. The van der Waals surface area contributed by atoms with Crippen LogP contribution in [-0.2, 0) is 15.7 Å². The first kappa shape index (κ1) is 25.8. The Morgan fingerprint density at radius 3 is 2.16 bits per heavy atom. The second-order valence-corrected chi connectivity index (χ2v) is 10.3. The Morgan fingerprint density at radius 1 is 0.919 bits per heavy atom. The summed E-state index contributed by atoms with van der Waals surface area (Å²) in [5, 5.41) is 9.03. The molecule has 3 aliphatic heterocycles. The maximum Gasteiger partial charge on any atom is 0.420 e. The molecule has 3 saturated heterocycles. The third kappa shape index (κ3) is 5.27. The van der Waals surface area contributed by atoms with Gasteiger partial charge in [-0.2, -0.15) is 18.4 Å². The van der Waals surface area contributed by atoms with E-state index in [1.165, 1.54) is 23.4 Å². The molecule has 9 heteroatoms. The van der Waals surface area contributed by atoms with Crippen LogP contribution >= 0.6 is 0 Å². The molecule has 2 atom stereocenters. The van der Waals surface area contributed by atoms with Crippen molar-refractivity contribution >= 4 is 11.4 Å². The zero-order valence-electron chi connectivity index (χ0n) is 20.8. The van der Waals surface area contributed by atoms with E-state index < -0.39 is 23.1 Å². The molecular formula is C28H31F4N3O2. The molecular weight excluding hydrogens is 486 g/mol. The van der Waals surface area contributed by atoms with Crippen LogP contribution < -0.4 is 9.80 Å². The number of nitriles is 1. The Morgan fingerprint density at radius 2 is 1.57 bits per heavy atom. The molecule has 0 saturated carbocycles. The summed E-state index contributed by atoms with van der Waals surface area (Å²) >= 11 is 0. The van der Waals surface area contributed by atoms with E-state index in [9.17, 15) is 17.6 Å². The van der Waals surface area contributed by atoms with Crippen LogP contribution in [0, 0.1) is 29.0 Å². The highest BCUT2D eigenvalue weighted by atomic mass is 19.4. The Labute approximate surface area is 214 Å². The van der Waals surface area contributed by atoms with Crippen molar-refractivity contribution in [3.8, 4) is 6.07 Å². The molecule has 0 unspecified atom stereocenters. The van der Waals surface area contributed by atoms with E-state index in [0.29, 0.717) is 38.6 Å². The van der Waals surface area contributed by atoms with Crippen molar-refractivity contribution < 1.29 is 27.0 Å². The van der Waals surface area contributed by atoms with E-state index in [1.807, 2.05) is 0 Å². The van der Waals surface area contributed by atoms with Gasteiger partial charge in [0.05, 0.1) is 30.5 Å². The molecule has 0 spiro atoms. The van der Waals surface area contributed by atoms with Gasteiger partial charge >= 0.3 is 6.18 Å². The number of benzene rings is 2. The monoisotopic (exact) mass is 517 g/mol. The quantitative estimate of drug-likeness (QED) is 0.470. The van der Waals surface area contributed by atoms with Crippen molar-refractivity contribution in [2.75, 3.05) is 49.2 Å². The van der Waals surface area contributed by atoms with Gasteiger partial charge in [-0.3, -0.25) is 0 Å². The molecule has 198 valence electrons. The lowest BCUT2D eigenvalue weighted by atomic mass is 9.81. The van der Waals surface area contributed by atoms with Gasteiger partial charge < -0.3 is 19.3 Å². The van der Waals surface area contributed by atoms with Crippen LogP contribution in [0.3, 0.4) is 0 Å². The first-order valence-corrected chi connectivity index (χ1v) is 12.9. The van der Waals surface area contributed by atoms with Gasteiger partial charge in [-0.15, -0.1) is 0 Å². The highest BCUT2D eigenvalue weighted by Gasteiger charge is 2.40. The zero-order chi connectivity index (χ0) is 26.2. The predicted molar refractivity (Wildman–Crippen MR) is 132 cm³/mol. The molecule has 0 amide bonds. The summed E-state index contributed by atoms with van der Waals surface area (Å²) < 4.78 is 66.6. The number of anilines is 2. The van der Waals surface area contributed by atoms with E-state index >= 15 is 0 Å². The normalized spacial score (nSPS) is 23.9. The van der Waals surface area contributed by atoms with Crippen LogP contribution in [0.25, 0.3) is 0 Å². The van der Waals surface area contributed by atoms with Gasteiger partial charge in [0, 0.05) is 37.8 Å². The molecule has 5 nitrogen and oxygen atoms in total. The Bertz CT molecular complexity index is 1130. The first-order valence-electron chi connectivity index (χ1n) is 12.9. The predicted octanol–water partition coefficient (Wildman–Crippen LogP) is 5.94. The Hall–Kier alpha value is -2.83. The summed E-state index contributed by atoms with van der Waals surface area (Å²) in [7, 11) is 0. The number of halogens is 4. The molecule has 2 aromatic carbocycles. The maximum atomic E-state index is 14.9. The van der Waals surface area contributed by atoms with Crippen LogP contribution in [0.5, 0.6) is 0 Å². The molecule has 0 bridgehead atoms. The van der Waals surface area contributed by atoms with Gasteiger partial charge in [-0.05, 0) is 60.9 Å². The third-order valence-electron chi connectivity index (χ3n) is 8.03. The summed E-state index contributed by atoms with van der Waals surface area (Å²) in [5.74, 6) is -0.573. The molecule has 3 heterocycles. The third-order valence-corrected chi connectivity index (χ3v) is 8.03. The van der Waals surface area contributed by atoms with E-state index in [1.54, 1.807) is 4.90 Å². The van der Waals surface area contributed by atoms with Gasteiger partial charge in [-0.1, -0.05) is 19.1 Å². The number of rotatable bonds is 4. The Kier molecular flexibility index (Phi) is 7.32. The van der Waals surface area contributed by atoms with Gasteiger partial charge in [0.15, 0.2) is 12.1 Å². The van der Waals surface area contributed by atoms with E-state index in [4.69, 9.17) is 14.7 Å². The molecule has 0 N–H and O–H groups in total. The van der Waals surface area contributed by atoms with Crippen molar-refractivity contribution in [3.63, 3.8) is 0 Å². The first-order chi connectivity index (χ1) is 17.8. The topological polar surface area (TPSA) is 48.7 Å². The minimum atomic E-state index is -4.93. The van der Waals surface area contributed by atoms with Crippen molar-refractivity contribution in [1.29, 1.82) is 5.26 Å². The molecule has 0 aromatic heterocycles. The van der Waals surface area contributed by atoms with Gasteiger partial charge in [0.1, 0.15) is 5.56 Å². The van der Waals surface area contributed by atoms with Gasteiger partial charge in [-0.25, -0.2) is 4.39 Å². The minimum absolute atomic E-state index is 0.0605. The van der Waals surface area contributed by atoms with Crippen LogP contribution in [0.4, 0.5) is 28.9 Å². The van der Waals surface area contributed by atoms with Crippen LogP contribution in [-0.4, -0.2) is 45.7 Å². The molecule has 3 aliphatic rings. The fraction of sp³-hybridized carbons (Fsp3) is 0.536. The summed E-state index contributed by atoms with van der Waals surface area (Å²) in [6.07, 6.45) is -2.22. The standard InChI is InChI=1S/C28H31F4N3O2/c1-18-17-35(24-7-4-21(16-33)25(26(24)29)28(30,31)32)13-10-23(18)19-2-5-22(6-3-19)34-11-8-20(9-12-34)27-36-14-15-37-27/h2-7,18,20,23,27H,8-15,17H2,1H3/t18-,23+/m1/s1. The highest BCUT2D eigenvalue weighted by Crippen LogP contribution is 2.41. The summed E-state index contributed by atoms with van der Waals surface area (Å²) in [4.78, 5) is 4.05. The lowest BCUT2D eigenvalue weighted by Gasteiger charge is -2.39. The highest BCUT2D eigenvalue weighted by molar-refractivity contribution is 5.57. The number of ether oxygens (including phenoxy) is 2. The molecule has 0 aliphatic carbocycles. The fourth-order valence-electron chi connectivity index (χ4n) is 6.05. The minimum Gasteiger partial charge on any atom is -0.372 e. The maximum absolute atomic E-state index is 14.9.